The van der Waals surface area contributed by atoms with Crippen molar-refractivity contribution in [2.24, 2.45) is 0 Å². The van der Waals surface area contributed by atoms with Crippen LogP contribution in [0, 0.1) is 0 Å². The number of aliphatic hydroxyl groups is 1. The van der Waals surface area contributed by atoms with Crippen molar-refractivity contribution >= 4 is 17.6 Å². The molecule has 0 aromatic rings. The first-order chi connectivity index (χ1) is 4.81. The van der Waals surface area contributed by atoms with E-state index in [0.29, 0.717) is 12.4 Å². The fourth-order valence-corrected chi connectivity index (χ4v) is 0.487. The molecular weight excluding hydrogens is 156 g/mol. The molecule has 0 aliphatic carbocycles. The lowest BCUT2D eigenvalue weighted by Crippen LogP contribution is -2.37. The SMILES string of the molecule is O=C(NCCO)NCCCl. The van der Waals surface area contributed by atoms with Gasteiger partial charge in [0.15, 0.2) is 0 Å². The molecule has 0 saturated carbocycles. The second-order valence-electron chi connectivity index (χ2n) is 1.60. The number of hydrogen-bond donors (Lipinski definition) is 3. The van der Waals surface area contributed by atoms with Crippen LogP contribution in [0.2, 0.25) is 0 Å². The van der Waals surface area contributed by atoms with E-state index in [2.05, 4.69) is 10.6 Å². The number of nitrogens with one attached hydrogen (secondary N) is 2. The second kappa shape index (κ2) is 6.64. The lowest BCUT2D eigenvalue weighted by molar-refractivity contribution is 0.235. The normalized spacial score (nSPS) is 9.00. The van der Waals surface area contributed by atoms with Crippen molar-refractivity contribution in [2.75, 3.05) is 25.6 Å². The molecule has 0 aliphatic rings. The third kappa shape index (κ3) is 5.65. The van der Waals surface area contributed by atoms with Crippen LogP contribution in [0.15, 0.2) is 0 Å². The number of hydrogen-bond acceptors (Lipinski definition) is 2. The quantitative estimate of drug-likeness (QED) is 0.494. The van der Waals surface area contributed by atoms with Crippen LogP contribution in [0.25, 0.3) is 0 Å². The van der Waals surface area contributed by atoms with Crippen LogP contribution in [0.5, 0.6) is 0 Å². The summed E-state index contributed by atoms with van der Waals surface area (Å²) >= 11 is 5.29. The zero-order valence-corrected chi connectivity index (χ0v) is 6.32. The topological polar surface area (TPSA) is 61.4 Å². The predicted octanol–water partition coefficient (Wildman–Crippen LogP) is -0.483. The zero-order valence-electron chi connectivity index (χ0n) is 5.56. The summed E-state index contributed by atoms with van der Waals surface area (Å²) in [6.07, 6.45) is 0. The van der Waals surface area contributed by atoms with Crippen LogP contribution in [-0.2, 0) is 0 Å². The summed E-state index contributed by atoms with van der Waals surface area (Å²) in [4.78, 5) is 10.6. The molecule has 0 aliphatic heterocycles. The summed E-state index contributed by atoms with van der Waals surface area (Å²) in [7, 11) is 0. The summed E-state index contributed by atoms with van der Waals surface area (Å²) in [5.74, 6) is 0.395. The van der Waals surface area contributed by atoms with E-state index in [9.17, 15) is 4.79 Å². The van der Waals surface area contributed by atoms with Gasteiger partial charge in [-0.1, -0.05) is 0 Å². The predicted molar refractivity (Wildman–Crippen MR) is 39.2 cm³/mol. The van der Waals surface area contributed by atoms with Gasteiger partial charge in [-0.3, -0.25) is 0 Å². The number of amides is 2. The molecule has 3 N–H and O–H groups in total. The van der Waals surface area contributed by atoms with E-state index < -0.39 is 0 Å². The van der Waals surface area contributed by atoms with Crippen molar-refractivity contribution in [1.82, 2.24) is 10.6 Å². The molecule has 0 aromatic heterocycles. The summed E-state index contributed by atoms with van der Waals surface area (Å²) < 4.78 is 0. The number of aliphatic hydroxyl groups excluding tert-OH is 1. The molecular formula is C5H11ClN2O2. The van der Waals surface area contributed by atoms with Crippen LogP contribution in [0.1, 0.15) is 0 Å². The maximum atomic E-state index is 10.6. The molecule has 0 atom stereocenters. The van der Waals surface area contributed by atoms with Crippen LogP contribution >= 0.6 is 11.6 Å². The minimum absolute atomic E-state index is 0.0473. The Morgan fingerprint density at radius 2 is 2.00 bits per heavy atom. The first-order valence-corrected chi connectivity index (χ1v) is 3.53. The maximum Gasteiger partial charge on any atom is 0.314 e. The number of urea groups is 1. The number of rotatable bonds is 4. The van der Waals surface area contributed by atoms with E-state index in [-0.39, 0.29) is 19.2 Å². The van der Waals surface area contributed by atoms with Crippen molar-refractivity contribution in [2.45, 2.75) is 0 Å². The fourth-order valence-electron chi connectivity index (χ4n) is 0.393. The van der Waals surface area contributed by atoms with E-state index in [0.717, 1.165) is 0 Å². The Morgan fingerprint density at radius 3 is 2.50 bits per heavy atom. The molecule has 0 spiro atoms. The highest BCUT2D eigenvalue weighted by atomic mass is 35.5. The summed E-state index contributed by atoms with van der Waals surface area (Å²) in [5, 5.41) is 13.2. The summed E-state index contributed by atoms with van der Waals surface area (Å²) in [6.45, 7) is 0.668. The Morgan fingerprint density at radius 1 is 1.40 bits per heavy atom. The Balaban J connectivity index is 3.09. The molecule has 4 nitrogen and oxygen atoms in total. The smallest absolute Gasteiger partial charge is 0.314 e. The van der Waals surface area contributed by atoms with E-state index in [4.69, 9.17) is 16.7 Å². The minimum atomic E-state index is -0.297. The van der Waals surface area contributed by atoms with Crippen molar-refractivity contribution in [3.05, 3.63) is 0 Å². The van der Waals surface area contributed by atoms with Crippen molar-refractivity contribution in [1.29, 1.82) is 0 Å². The van der Waals surface area contributed by atoms with Gasteiger partial charge in [-0.15, -0.1) is 11.6 Å². The van der Waals surface area contributed by atoms with Crippen molar-refractivity contribution in [3.8, 4) is 0 Å². The molecule has 0 fully saturated rings. The fraction of sp³-hybridized carbons (Fsp3) is 0.800. The van der Waals surface area contributed by atoms with E-state index in [1.807, 2.05) is 0 Å². The van der Waals surface area contributed by atoms with Gasteiger partial charge < -0.3 is 15.7 Å². The van der Waals surface area contributed by atoms with Crippen molar-refractivity contribution < 1.29 is 9.90 Å². The largest absolute Gasteiger partial charge is 0.395 e. The summed E-state index contributed by atoms with van der Waals surface area (Å²) in [6, 6.07) is -0.297. The molecule has 0 unspecified atom stereocenters. The molecule has 60 valence electrons. The first kappa shape index (κ1) is 9.52. The van der Waals surface area contributed by atoms with E-state index >= 15 is 0 Å². The Hall–Kier alpha value is -0.480. The molecule has 0 radical (unpaired) electrons. The maximum absolute atomic E-state index is 10.6. The Labute approximate surface area is 64.6 Å². The van der Waals surface area contributed by atoms with Gasteiger partial charge >= 0.3 is 6.03 Å². The van der Waals surface area contributed by atoms with Gasteiger partial charge in [-0.2, -0.15) is 0 Å². The van der Waals surface area contributed by atoms with Gasteiger partial charge in [0.25, 0.3) is 0 Å². The summed E-state index contributed by atoms with van der Waals surface area (Å²) in [5.41, 5.74) is 0. The zero-order chi connectivity index (χ0) is 7.82. The molecule has 5 heteroatoms. The standard InChI is InChI=1S/C5H11ClN2O2/c6-1-2-7-5(10)8-3-4-9/h9H,1-4H2,(H2,7,8,10). The van der Waals surface area contributed by atoms with Gasteiger partial charge in [0.2, 0.25) is 0 Å². The minimum Gasteiger partial charge on any atom is -0.395 e. The Bertz CT molecular complexity index is 89.6. The highest BCUT2D eigenvalue weighted by Gasteiger charge is 1.94. The van der Waals surface area contributed by atoms with Crippen molar-refractivity contribution in [3.63, 3.8) is 0 Å². The first-order valence-electron chi connectivity index (χ1n) is 2.99. The Kier molecular flexibility index (Phi) is 6.32. The van der Waals surface area contributed by atoms with Crippen LogP contribution < -0.4 is 10.6 Å². The molecule has 10 heavy (non-hydrogen) atoms. The van der Waals surface area contributed by atoms with Crippen LogP contribution in [0.3, 0.4) is 0 Å². The third-order valence-electron chi connectivity index (χ3n) is 0.777. The van der Waals surface area contributed by atoms with Crippen LogP contribution in [0.4, 0.5) is 4.79 Å². The van der Waals surface area contributed by atoms with Gasteiger partial charge in [0, 0.05) is 19.0 Å². The molecule has 0 bridgehead atoms. The number of carbonyl (C=O) groups is 1. The van der Waals surface area contributed by atoms with Gasteiger partial charge in [0.05, 0.1) is 6.61 Å². The number of alkyl halides is 1. The third-order valence-corrected chi connectivity index (χ3v) is 0.966. The molecule has 0 aromatic carbocycles. The number of halogens is 1. The molecule has 0 heterocycles. The van der Waals surface area contributed by atoms with Gasteiger partial charge in [-0.25, -0.2) is 4.79 Å². The molecule has 0 rings (SSSR count). The van der Waals surface area contributed by atoms with Gasteiger partial charge in [0.1, 0.15) is 0 Å². The molecule has 0 saturated heterocycles. The average molecular weight is 167 g/mol. The monoisotopic (exact) mass is 166 g/mol. The average Bonchev–Trinajstić information content (AvgIpc) is 1.97. The van der Waals surface area contributed by atoms with Crippen LogP contribution in [-0.4, -0.2) is 36.7 Å². The van der Waals surface area contributed by atoms with E-state index in [1.165, 1.54) is 0 Å². The lowest BCUT2D eigenvalue weighted by Gasteiger charge is -2.02. The highest BCUT2D eigenvalue weighted by molar-refractivity contribution is 6.18. The highest BCUT2D eigenvalue weighted by Crippen LogP contribution is 1.69. The van der Waals surface area contributed by atoms with Gasteiger partial charge in [-0.05, 0) is 0 Å². The number of carbonyl (C=O) groups excluding carboxylic acids is 1. The second-order valence-corrected chi connectivity index (χ2v) is 1.97. The van der Waals surface area contributed by atoms with E-state index in [1.54, 1.807) is 0 Å². The lowest BCUT2D eigenvalue weighted by atomic mass is 10.6. The molecule has 2 amide bonds.